The molecule has 1 aliphatic rings. The molecule has 1 aromatic heterocycles. The Morgan fingerprint density at radius 3 is 2.94 bits per heavy atom. The van der Waals surface area contributed by atoms with Crippen LogP contribution in [0.3, 0.4) is 0 Å². The summed E-state index contributed by atoms with van der Waals surface area (Å²) in [7, 11) is 0. The summed E-state index contributed by atoms with van der Waals surface area (Å²) in [5, 5.41) is 9.94. The predicted molar refractivity (Wildman–Crippen MR) is 72.0 cm³/mol. The summed E-state index contributed by atoms with van der Waals surface area (Å²) in [4.78, 5) is 8.51. The number of hydrogen-bond acceptors (Lipinski definition) is 5. The van der Waals surface area contributed by atoms with Crippen molar-refractivity contribution in [2.24, 2.45) is 11.7 Å². The smallest absolute Gasteiger partial charge is 0.187 e. The maximum Gasteiger partial charge on any atom is 0.187 e. The highest BCUT2D eigenvalue weighted by Gasteiger charge is 2.39. The lowest BCUT2D eigenvalue weighted by Crippen LogP contribution is -2.41. The van der Waals surface area contributed by atoms with Crippen LogP contribution < -0.4 is 5.73 Å². The summed E-state index contributed by atoms with van der Waals surface area (Å²) in [6, 6.07) is 2.28. The zero-order valence-electron chi connectivity index (χ0n) is 10.6. The summed E-state index contributed by atoms with van der Waals surface area (Å²) in [5.41, 5.74) is 6.57. The molecule has 2 atom stereocenters. The number of hydrogen-bond donors (Lipinski definition) is 1. The van der Waals surface area contributed by atoms with Gasteiger partial charge in [0.25, 0.3) is 0 Å². The van der Waals surface area contributed by atoms with Crippen molar-refractivity contribution in [2.75, 3.05) is 5.75 Å². The molecular formula is C13H18N4S. The third-order valence-electron chi connectivity index (χ3n) is 3.53. The molecule has 0 bridgehead atoms. The van der Waals surface area contributed by atoms with Gasteiger partial charge in [0.1, 0.15) is 5.54 Å². The molecule has 1 heterocycles. The number of aromatic nitrogens is 2. The van der Waals surface area contributed by atoms with Gasteiger partial charge in [-0.25, -0.2) is 9.97 Å². The molecule has 1 aromatic rings. The van der Waals surface area contributed by atoms with Crippen molar-refractivity contribution in [3.63, 3.8) is 0 Å². The van der Waals surface area contributed by atoms with Crippen LogP contribution in [0.4, 0.5) is 0 Å². The van der Waals surface area contributed by atoms with Crippen molar-refractivity contribution >= 4 is 11.8 Å². The van der Waals surface area contributed by atoms with Crippen molar-refractivity contribution in [2.45, 2.75) is 43.3 Å². The van der Waals surface area contributed by atoms with E-state index in [-0.39, 0.29) is 0 Å². The van der Waals surface area contributed by atoms with Gasteiger partial charge in [0.15, 0.2) is 5.16 Å². The van der Waals surface area contributed by atoms with Crippen molar-refractivity contribution in [3.05, 3.63) is 18.0 Å². The Morgan fingerprint density at radius 2 is 2.28 bits per heavy atom. The summed E-state index contributed by atoms with van der Waals surface area (Å²) in [6.07, 6.45) is 7.59. The number of rotatable bonds is 4. The molecule has 18 heavy (non-hydrogen) atoms. The Hall–Kier alpha value is -1.12. The van der Waals surface area contributed by atoms with Crippen molar-refractivity contribution in [1.29, 1.82) is 5.26 Å². The third kappa shape index (κ3) is 3.01. The third-order valence-corrected chi connectivity index (χ3v) is 4.44. The van der Waals surface area contributed by atoms with E-state index < -0.39 is 5.54 Å². The maximum absolute atomic E-state index is 9.14. The lowest BCUT2D eigenvalue weighted by Gasteiger charge is -2.23. The average Bonchev–Trinajstić information content (AvgIpc) is 2.74. The molecule has 1 saturated carbocycles. The molecule has 0 amide bonds. The standard InChI is InChI=1S/C13H18N4S/c1-10-7-16-12(17-8-10)18-6-4-11-3-2-5-13(11,15)9-14/h7-8,11H,2-6,15H2,1H3. The zero-order valence-corrected chi connectivity index (χ0v) is 11.4. The molecule has 96 valence electrons. The summed E-state index contributed by atoms with van der Waals surface area (Å²) >= 11 is 1.64. The van der Waals surface area contributed by atoms with Crippen LogP contribution in [0.25, 0.3) is 0 Å². The highest BCUT2D eigenvalue weighted by atomic mass is 32.2. The van der Waals surface area contributed by atoms with Gasteiger partial charge in [-0.2, -0.15) is 5.26 Å². The van der Waals surface area contributed by atoms with E-state index in [2.05, 4.69) is 16.0 Å². The second kappa shape index (κ2) is 5.68. The minimum atomic E-state index is -0.602. The van der Waals surface area contributed by atoms with E-state index >= 15 is 0 Å². The monoisotopic (exact) mass is 262 g/mol. The largest absolute Gasteiger partial charge is 0.313 e. The number of nitriles is 1. The van der Waals surface area contributed by atoms with Gasteiger partial charge in [-0.3, -0.25) is 0 Å². The van der Waals surface area contributed by atoms with Crippen LogP contribution in [0.2, 0.25) is 0 Å². The van der Waals surface area contributed by atoms with Crippen LogP contribution in [0.15, 0.2) is 17.6 Å². The number of aryl methyl sites for hydroxylation is 1. The van der Waals surface area contributed by atoms with E-state index in [1.165, 1.54) is 0 Å². The van der Waals surface area contributed by atoms with E-state index in [9.17, 15) is 0 Å². The van der Waals surface area contributed by atoms with E-state index in [1.807, 2.05) is 19.3 Å². The fourth-order valence-corrected chi connectivity index (χ4v) is 3.24. The Bertz CT molecular complexity index is 439. The van der Waals surface area contributed by atoms with Crippen LogP contribution in [0.1, 0.15) is 31.2 Å². The van der Waals surface area contributed by atoms with Crippen LogP contribution >= 0.6 is 11.8 Å². The second-order valence-electron chi connectivity index (χ2n) is 4.92. The summed E-state index contributed by atoms with van der Waals surface area (Å²) in [6.45, 7) is 1.97. The topological polar surface area (TPSA) is 75.6 Å². The SMILES string of the molecule is Cc1cnc(SCCC2CCCC2(N)C#N)nc1. The maximum atomic E-state index is 9.14. The summed E-state index contributed by atoms with van der Waals surface area (Å²) < 4.78 is 0. The van der Waals surface area contributed by atoms with Gasteiger partial charge in [-0.1, -0.05) is 18.2 Å². The quantitative estimate of drug-likeness (QED) is 0.665. The van der Waals surface area contributed by atoms with E-state index in [0.29, 0.717) is 5.92 Å². The van der Waals surface area contributed by atoms with Gasteiger partial charge in [-0.05, 0) is 37.7 Å². The Kier molecular flexibility index (Phi) is 4.20. The highest BCUT2D eigenvalue weighted by molar-refractivity contribution is 7.99. The second-order valence-corrected chi connectivity index (χ2v) is 5.98. The molecule has 1 aliphatic carbocycles. The first-order chi connectivity index (χ1) is 8.64. The Balaban J connectivity index is 1.82. The Morgan fingerprint density at radius 1 is 1.56 bits per heavy atom. The first-order valence-electron chi connectivity index (χ1n) is 6.25. The van der Waals surface area contributed by atoms with Gasteiger partial charge >= 0.3 is 0 Å². The van der Waals surface area contributed by atoms with Crippen LogP contribution in [0, 0.1) is 24.2 Å². The lowest BCUT2D eigenvalue weighted by molar-refractivity contribution is 0.389. The zero-order chi connectivity index (χ0) is 13.0. The number of nitrogens with two attached hydrogens (primary N) is 1. The predicted octanol–water partition coefficient (Wildman–Crippen LogP) is 2.29. The fourth-order valence-electron chi connectivity index (χ4n) is 2.40. The molecule has 1 fully saturated rings. The first kappa shape index (κ1) is 13.3. The molecule has 2 unspecified atom stereocenters. The number of thioether (sulfide) groups is 1. The molecular weight excluding hydrogens is 244 g/mol. The molecule has 5 heteroatoms. The van der Waals surface area contributed by atoms with Crippen LogP contribution in [-0.4, -0.2) is 21.3 Å². The van der Waals surface area contributed by atoms with Gasteiger partial charge in [0.05, 0.1) is 6.07 Å². The Labute approximate surface area is 112 Å². The molecule has 0 spiro atoms. The first-order valence-corrected chi connectivity index (χ1v) is 7.24. The van der Waals surface area contributed by atoms with Gasteiger partial charge in [-0.15, -0.1) is 0 Å². The van der Waals surface area contributed by atoms with Crippen molar-refractivity contribution in [3.8, 4) is 6.07 Å². The minimum Gasteiger partial charge on any atom is -0.313 e. The van der Waals surface area contributed by atoms with E-state index in [4.69, 9.17) is 11.0 Å². The van der Waals surface area contributed by atoms with E-state index in [0.717, 1.165) is 42.2 Å². The average molecular weight is 262 g/mol. The normalized spacial score (nSPS) is 27.1. The van der Waals surface area contributed by atoms with Crippen LogP contribution in [-0.2, 0) is 0 Å². The highest BCUT2D eigenvalue weighted by Crippen LogP contribution is 2.36. The van der Waals surface area contributed by atoms with Crippen molar-refractivity contribution in [1.82, 2.24) is 9.97 Å². The minimum absolute atomic E-state index is 0.320. The molecule has 0 aliphatic heterocycles. The fraction of sp³-hybridized carbons (Fsp3) is 0.615. The van der Waals surface area contributed by atoms with E-state index in [1.54, 1.807) is 11.8 Å². The van der Waals surface area contributed by atoms with Gasteiger partial charge in [0.2, 0.25) is 0 Å². The van der Waals surface area contributed by atoms with Gasteiger partial charge < -0.3 is 5.73 Å². The lowest BCUT2D eigenvalue weighted by atomic mass is 9.88. The molecule has 2 rings (SSSR count). The molecule has 2 N–H and O–H groups in total. The number of nitrogens with zero attached hydrogens (tertiary/aromatic N) is 3. The van der Waals surface area contributed by atoms with Crippen LogP contribution in [0.5, 0.6) is 0 Å². The molecule has 4 nitrogen and oxygen atoms in total. The van der Waals surface area contributed by atoms with Crippen molar-refractivity contribution < 1.29 is 0 Å². The molecule has 0 aromatic carbocycles. The van der Waals surface area contributed by atoms with Gasteiger partial charge in [0, 0.05) is 18.1 Å². The summed E-state index contributed by atoms with van der Waals surface area (Å²) in [5.74, 6) is 1.24. The molecule has 0 saturated heterocycles. The molecule has 0 radical (unpaired) electrons.